The minimum atomic E-state index is -4.54. The Bertz CT molecular complexity index is 1290. The molecule has 0 aromatic carbocycles. The van der Waals surface area contributed by atoms with E-state index in [0.717, 1.165) is 70.6 Å². The number of nitrogens with zero attached hydrogens (tertiary/aromatic N) is 1. The minimum Gasteiger partial charge on any atom is -0.756 e. The van der Waals surface area contributed by atoms with Gasteiger partial charge in [0, 0.05) is 13.0 Å². The van der Waals surface area contributed by atoms with Gasteiger partial charge in [-0.2, -0.15) is 0 Å². The molecule has 0 rings (SSSR count). The van der Waals surface area contributed by atoms with Crippen LogP contribution in [0.4, 0.5) is 0 Å². The van der Waals surface area contributed by atoms with Crippen LogP contribution in [0.25, 0.3) is 0 Å². The molecule has 0 saturated carbocycles. The summed E-state index contributed by atoms with van der Waals surface area (Å²) in [6.45, 7) is 5.32. The lowest BCUT2D eigenvalue weighted by Crippen LogP contribution is -2.37. The average Bonchev–Trinajstić information content (AvgIpc) is 3.31. The van der Waals surface area contributed by atoms with E-state index in [0.29, 0.717) is 24.1 Å². The van der Waals surface area contributed by atoms with Crippen LogP contribution in [0.15, 0.2) is 60.8 Å². The van der Waals surface area contributed by atoms with Gasteiger partial charge in [0.25, 0.3) is 7.82 Å². The lowest BCUT2D eigenvalue weighted by molar-refractivity contribution is -0.870. The molecule has 0 N–H and O–H groups in total. The van der Waals surface area contributed by atoms with E-state index in [1.54, 1.807) is 0 Å². The maximum Gasteiger partial charge on any atom is 0.306 e. The van der Waals surface area contributed by atoms with E-state index in [9.17, 15) is 14.3 Å². The molecular formula is C60H112NO7P. The molecule has 2 atom stereocenters. The Labute approximate surface area is 428 Å². The van der Waals surface area contributed by atoms with Gasteiger partial charge in [-0.25, -0.2) is 0 Å². The molecule has 8 nitrogen and oxygen atoms in total. The Kier molecular flexibility index (Phi) is 51.2. The van der Waals surface area contributed by atoms with Crippen molar-refractivity contribution in [1.29, 1.82) is 0 Å². The number of carbonyl (C=O) groups excluding carboxylic acids is 1. The highest BCUT2D eigenvalue weighted by Gasteiger charge is 2.20. The van der Waals surface area contributed by atoms with Gasteiger partial charge in [0.05, 0.1) is 34.4 Å². The monoisotopic (exact) mass is 990 g/mol. The standard InChI is InChI=1S/C60H112NO7P/c1-6-8-10-12-14-16-18-20-22-24-26-28-30-32-34-36-38-40-42-44-46-48-50-52-55-65-57-59(58-67-69(63,64)66-56-54-61(3,4)5)68-60(62)53-51-49-47-45-43-41-39-37-35-33-31-29-27-25-23-21-19-17-15-13-11-9-7-2/h8,10,14,16,20,22,26,28,32,34,59H,6-7,9,11-13,15,17-19,21,23-25,27,29-31,33,35-58H2,1-5H3/b10-8-,16-14-,22-20-,28-26-,34-32-. The normalized spacial score (nSPS) is 13.9. The maximum atomic E-state index is 12.8. The third-order valence-corrected chi connectivity index (χ3v) is 13.5. The molecular weight excluding hydrogens is 878 g/mol. The van der Waals surface area contributed by atoms with Crippen LogP contribution >= 0.6 is 7.82 Å². The summed E-state index contributed by atoms with van der Waals surface area (Å²) in [5.74, 6) is -0.333. The van der Waals surface area contributed by atoms with Crippen LogP contribution in [0.3, 0.4) is 0 Å². The van der Waals surface area contributed by atoms with Crippen LogP contribution in [0.5, 0.6) is 0 Å². The number of carbonyl (C=O) groups is 1. The number of quaternary nitrogens is 1. The van der Waals surface area contributed by atoms with Crippen LogP contribution in [-0.4, -0.2) is 70.7 Å². The number of rotatable bonds is 54. The minimum absolute atomic E-state index is 0.0237. The van der Waals surface area contributed by atoms with Crippen LogP contribution < -0.4 is 4.89 Å². The maximum absolute atomic E-state index is 12.8. The highest BCUT2D eigenvalue weighted by atomic mass is 31.2. The van der Waals surface area contributed by atoms with E-state index in [-0.39, 0.29) is 25.8 Å². The fourth-order valence-corrected chi connectivity index (χ4v) is 8.89. The van der Waals surface area contributed by atoms with Crippen molar-refractivity contribution in [3.8, 4) is 0 Å². The fourth-order valence-electron chi connectivity index (χ4n) is 8.16. The number of phosphoric acid groups is 1. The zero-order chi connectivity index (χ0) is 50.5. The van der Waals surface area contributed by atoms with Gasteiger partial charge in [0.15, 0.2) is 0 Å². The Balaban J connectivity index is 4.08. The van der Waals surface area contributed by atoms with E-state index in [1.165, 1.54) is 167 Å². The second-order valence-corrected chi connectivity index (χ2v) is 22.0. The first kappa shape index (κ1) is 67.2. The van der Waals surface area contributed by atoms with Crippen LogP contribution in [0.2, 0.25) is 0 Å². The molecule has 0 fully saturated rings. The molecule has 0 aliphatic rings. The fraction of sp³-hybridized carbons (Fsp3) is 0.817. The summed E-state index contributed by atoms with van der Waals surface area (Å²) in [5.41, 5.74) is 0. The quantitative estimate of drug-likeness (QED) is 0.0197. The average molecular weight is 991 g/mol. The molecule has 0 spiro atoms. The van der Waals surface area contributed by atoms with Gasteiger partial charge in [-0.3, -0.25) is 9.36 Å². The van der Waals surface area contributed by atoms with Crippen molar-refractivity contribution in [2.75, 3.05) is 54.1 Å². The topological polar surface area (TPSA) is 94.1 Å². The lowest BCUT2D eigenvalue weighted by Gasteiger charge is -2.28. The molecule has 0 bridgehead atoms. The van der Waals surface area contributed by atoms with E-state index in [1.807, 2.05) is 21.1 Å². The molecule has 0 aliphatic carbocycles. The highest BCUT2D eigenvalue weighted by molar-refractivity contribution is 7.45. The molecule has 0 saturated heterocycles. The van der Waals surface area contributed by atoms with Gasteiger partial charge in [-0.15, -0.1) is 0 Å². The van der Waals surface area contributed by atoms with Gasteiger partial charge < -0.3 is 27.9 Å². The molecule has 0 amide bonds. The van der Waals surface area contributed by atoms with Gasteiger partial charge >= 0.3 is 5.97 Å². The predicted octanol–water partition coefficient (Wildman–Crippen LogP) is 17.8. The number of ether oxygens (including phenoxy) is 2. The van der Waals surface area contributed by atoms with Gasteiger partial charge in [-0.05, 0) is 57.8 Å². The van der Waals surface area contributed by atoms with Gasteiger partial charge in [0.2, 0.25) is 0 Å². The number of hydrogen-bond donors (Lipinski definition) is 0. The van der Waals surface area contributed by atoms with Crippen molar-refractivity contribution < 1.29 is 37.3 Å². The predicted molar refractivity (Wildman–Crippen MR) is 296 cm³/mol. The number of phosphoric ester groups is 1. The number of unbranched alkanes of at least 4 members (excludes halogenated alkanes) is 30. The molecule has 9 heteroatoms. The zero-order valence-corrected chi connectivity index (χ0v) is 46.9. The zero-order valence-electron chi connectivity index (χ0n) is 46.0. The Morgan fingerprint density at radius 2 is 0.841 bits per heavy atom. The first-order chi connectivity index (χ1) is 33.6. The van der Waals surface area contributed by atoms with E-state index >= 15 is 0 Å². The third-order valence-electron chi connectivity index (χ3n) is 12.6. The van der Waals surface area contributed by atoms with E-state index in [4.69, 9.17) is 18.5 Å². The van der Waals surface area contributed by atoms with Crippen molar-refractivity contribution in [3.05, 3.63) is 60.8 Å². The molecule has 0 radical (unpaired) electrons. The highest BCUT2D eigenvalue weighted by Crippen LogP contribution is 2.38. The second kappa shape index (κ2) is 52.5. The summed E-state index contributed by atoms with van der Waals surface area (Å²) in [7, 11) is 1.35. The van der Waals surface area contributed by atoms with E-state index in [2.05, 4.69) is 74.6 Å². The van der Waals surface area contributed by atoms with Crippen molar-refractivity contribution in [2.45, 2.75) is 264 Å². The summed E-state index contributed by atoms with van der Waals surface area (Å²) >= 11 is 0. The SMILES string of the molecule is CC/C=C\C/C=C\C/C=C\C/C=C\C/C=C\CCCCCCCCCCOCC(COP(=O)([O-])OCC[N+](C)(C)C)OC(=O)CCCCCCCCCCCCCCCCCCCCCCCCC. The van der Waals surface area contributed by atoms with Crippen molar-refractivity contribution >= 4 is 13.8 Å². The lowest BCUT2D eigenvalue weighted by atomic mass is 10.0. The van der Waals surface area contributed by atoms with Crippen molar-refractivity contribution in [1.82, 2.24) is 0 Å². The summed E-state index contributed by atoms with van der Waals surface area (Å²) in [5, 5.41) is 0. The summed E-state index contributed by atoms with van der Waals surface area (Å²) < 4.78 is 34.9. The Morgan fingerprint density at radius 1 is 0.464 bits per heavy atom. The molecule has 0 aromatic heterocycles. The first-order valence-electron chi connectivity index (χ1n) is 29.0. The summed E-state index contributed by atoms with van der Waals surface area (Å²) in [4.78, 5) is 25.3. The van der Waals surface area contributed by atoms with Crippen LogP contribution in [0.1, 0.15) is 258 Å². The van der Waals surface area contributed by atoms with Crippen molar-refractivity contribution in [3.63, 3.8) is 0 Å². The molecule has 2 unspecified atom stereocenters. The molecule has 0 aromatic rings. The third kappa shape index (κ3) is 57.0. The molecule has 0 aliphatic heterocycles. The Morgan fingerprint density at radius 3 is 1.26 bits per heavy atom. The largest absolute Gasteiger partial charge is 0.756 e. The van der Waals surface area contributed by atoms with Crippen molar-refractivity contribution in [2.24, 2.45) is 0 Å². The second-order valence-electron chi connectivity index (χ2n) is 20.6. The molecule has 69 heavy (non-hydrogen) atoms. The van der Waals surface area contributed by atoms with Gasteiger partial charge in [-0.1, -0.05) is 254 Å². The number of allylic oxidation sites excluding steroid dienone is 10. The smallest absolute Gasteiger partial charge is 0.306 e. The molecule has 0 heterocycles. The van der Waals surface area contributed by atoms with Gasteiger partial charge in [0.1, 0.15) is 19.3 Å². The molecule has 404 valence electrons. The first-order valence-corrected chi connectivity index (χ1v) is 30.5. The Hall–Kier alpha value is -1.80. The number of esters is 1. The summed E-state index contributed by atoms with van der Waals surface area (Å²) in [6, 6.07) is 0. The van der Waals surface area contributed by atoms with E-state index < -0.39 is 13.9 Å². The van der Waals surface area contributed by atoms with Crippen LogP contribution in [-0.2, 0) is 27.9 Å². The summed E-state index contributed by atoms with van der Waals surface area (Å²) in [6.07, 6.45) is 68.3. The van der Waals surface area contributed by atoms with Crippen LogP contribution in [0, 0.1) is 0 Å². The number of hydrogen-bond acceptors (Lipinski definition) is 7. The number of likely N-dealkylation sites (N-methyl/N-ethyl adjacent to an activating group) is 1.